The van der Waals surface area contributed by atoms with Crippen LogP contribution in [0.3, 0.4) is 0 Å². The fraction of sp³-hybridized carbons (Fsp3) is 0.500. The number of halogens is 1. The van der Waals surface area contributed by atoms with Crippen molar-refractivity contribution < 1.29 is 4.74 Å². The second-order valence-electron chi connectivity index (χ2n) is 3.96. The topological polar surface area (TPSA) is 21.3 Å². The highest BCUT2D eigenvalue weighted by molar-refractivity contribution is 7.99. The van der Waals surface area contributed by atoms with Gasteiger partial charge >= 0.3 is 0 Å². The Hall–Kier alpha value is -0.540. The molecule has 1 atom stereocenters. The Morgan fingerprint density at radius 2 is 2.44 bits per heavy atom. The molecule has 0 aliphatic carbocycles. The normalized spacial score (nSPS) is 19.8. The standard InChI is InChI=1S/C12H16ClNOS/c1-15-12-3-2-10(13)6-11(12)14-7-9-4-5-16-8-9/h2-3,6,9,14H,4-5,7-8H2,1H3. The fourth-order valence-corrected chi connectivity index (χ4v) is 3.27. The predicted octanol–water partition coefficient (Wildman–Crippen LogP) is 3.51. The van der Waals surface area contributed by atoms with Gasteiger partial charge in [-0.3, -0.25) is 0 Å². The van der Waals surface area contributed by atoms with Crippen molar-refractivity contribution in [1.82, 2.24) is 0 Å². The van der Waals surface area contributed by atoms with Gasteiger partial charge < -0.3 is 10.1 Å². The highest BCUT2D eigenvalue weighted by Crippen LogP contribution is 2.29. The first-order valence-corrected chi connectivity index (χ1v) is 6.98. The van der Waals surface area contributed by atoms with E-state index in [-0.39, 0.29) is 0 Å². The third-order valence-electron chi connectivity index (χ3n) is 2.77. The second-order valence-corrected chi connectivity index (χ2v) is 5.54. The molecular formula is C12H16ClNOS. The monoisotopic (exact) mass is 257 g/mol. The smallest absolute Gasteiger partial charge is 0.142 e. The van der Waals surface area contributed by atoms with Crippen molar-refractivity contribution in [3.8, 4) is 5.75 Å². The maximum atomic E-state index is 5.97. The number of anilines is 1. The van der Waals surface area contributed by atoms with Gasteiger partial charge in [0.1, 0.15) is 5.75 Å². The van der Waals surface area contributed by atoms with Gasteiger partial charge in [-0.1, -0.05) is 11.6 Å². The molecular weight excluding hydrogens is 242 g/mol. The zero-order valence-electron chi connectivity index (χ0n) is 9.33. The van der Waals surface area contributed by atoms with E-state index in [0.29, 0.717) is 0 Å². The first kappa shape index (κ1) is 11.9. The lowest BCUT2D eigenvalue weighted by Crippen LogP contribution is -2.13. The van der Waals surface area contributed by atoms with Gasteiger partial charge in [0, 0.05) is 11.6 Å². The van der Waals surface area contributed by atoms with Gasteiger partial charge in [-0.25, -0.2) is 0 Å². The number of rotatable bonds is 4. The molecule has 0 radical (unpaired) electrons. The third kappa shape index (κ3) is 2.98. The van der Waals surface area contributed by atoms with E-state index in [9.17, 15) is 0 Å². The SMILES string of the molecule is COc1ccc(Cl)cc1NCC1CCSC1. The summed E-state index contributed by atoms with van der Waals surface area (Å²) >= 11 is 8.00. The lowest BCUT2D eigenvalue weighted by Gasteiger charge is -2.14. The van der Waals surface area contributed by atoms with E-state index in [1.165, 1.54) is 17.9 Å². The van der Waals surface area contributed by atoms with E-state index in [2.05, 4.69) is 5.32 Å². The van der Waals surface area contributed by atoms with E-state index in [1.54, 1.807) is 7.11 Å². The van der Waals surface area contributed by atoms with Crippen molar-refractivity contribution in [2.75, 3.05) is 30.5 Å². The van der Waals surface area contributed by atoms with Gasteiger partial charge in [0.05, 0.1) is 12.8 Å². The van der Waals surface area contributed by atoms with Crippen molar-refractivity contribution in [2.45, 2.75) is 6.42 Å². The zero-order chi connectivity index (χ0) is 11.4. The summed E-state index contributed by atoms with van der Waals surface area (Å²) in [4.78, 5) is 0. The molecule has 0 bridgehead atoms. The highest BCUT2D eigenvalue weighted by atomic mass is 35.5. The largest absolute Gasteiger partial charge is 0.495 e. The van der Waals surface area contributed by atoms with Crippen molar-refractivity contribution in [1.29, 1.82) is 0 Å². The lowest BCUT2D eigenvalue weighted by molar-refractivity contribution is 0.416. The molecule has 0 spiro atoms. The molecule has 1 aromatic carbocycles. The van der Waals surface area contributed by atoms with Gasteiger partial charge in [0.15, 0.2) is 0 Å². The number of nitrogens with one attached hydrogen (secondary N) is 1. The average Bonchev–Trinajstić information content (AvgIpc) is 2.79. The first-order chi connectivity index (χ1) is 7.79. The van der Waals surface area contributed by atoms with E-state index in [0.717, 1.165) is 28.9 Å². The van der Waals surface area contributed by atoms with Gasteiger partial charge in [-0.2, -0.15) is 11.8 Å². The second kappa shape index (κ2) is 5.69. The van der Waals surface area contributed by atoms with Crippen LogP contribution >= 0.6 is 23.4 Å². The van der Waals surface area contributed by atoms with Crippen LogP contribution in [-0.2, 0) is 0 Å². The molecule has 0 amide bonds. The summed E-state index contributed by atoms with van der Waals surface area (Å²) in [5, 5.41) is 4.16. The predicted molar refractivity (Wildman–Crippen MR) is 71.9 cm³/mol. The Balaban J connectivity index is 1.98. The summed E-state index contributed by atoms with van der Waals surface area (Å²) in [7, 11) is 1.68. The van der Waals surface area contributed by atoms with Crippen LogP contribution in [0.15, 0.2) is 18.2 Å². The van der Waals surface area contributed by atoms with Crippen LogP contribution in [0.2, 0.25) is 5.02 Å². The molecule has 0 saturated carbocycles. The maximum Gasteiger partial charge on any atom is 0.142 e. The molecule has 1 aliphatic rings. The summed E-state index contributed by atoms with van der Waals surface area (Å²) < 4.78 is 5.29. The molecule has 2 nitrogen and oxygen atoms in total. The Kier molecular flexibility index (Phi) is 4.24. The number of hydrogen-bond acceptors (Lipinski definition) is 3. The highest BCUT2D eigenvalue weighted by Gasteiger charge is 2.15. The zero-order valence-corrected chi connectivity index (χ0v) is 10.9. The maximum absolute atomic E-state index is 5.97. The Morgan fingerprint density at radius 3 is 3.12 bits per heavy atom. The molecule has 1 fully saturated rings. The molecule has 88 valence electrons. The molecule has 1 saturated heterocycles. The molecule has 1 unspecified atom stereocenters. The van der Waals surface area contributed by atoms with Gasteiger partial charge in [0.25, 0.3) is 0 Å². The van der Waals surface area contributed by atoms with E-state index < -0.39 is 0 Å². The summed E-state index contributed by atoms with van der Waals surface area (Å²) in [6.45, 7) is 1.00. The molecule has 1 aromatic rings. The molecule has 1 N–H and O–H groups in total. The van der Waals surface area contributed by atoms with Crippen LogP contribution < -0.4 is 10.1 Å². The summed E-state index contributed by atoms with van der Waals surface area (Å²) in [5.41, 5.74) is 0.993. The van der Waals surface area contributed by atoms with E-state index in [4.69, 9.17) is 16.3 Å². The number of ether oxygens (including phenoxy) is 1. The van der Waals surface area contributed by atoms with Crippen molar-refractivity contribution in [3.05, 3.63) is 23.2 Å². The van der Waals surface area contributed by atoms with Crippen molar-refractivity contribution in [2.24, 2.45) is 5.92 Å². The summed E-state index contributed by atoms with van der Waals surface area (Å²) in [6, 6.07) is 5.66. The van der Waals surface area contributed by atoms with Crippen LogP contribution in [0, 0.1) is 5.92 Å². The van der Waals surface area contributed by atoms with Crippen LogP contribution in [0.1, 0.15) is 6.42 Å². The van der Waals surface area contributed by atoms with Gasteiger partial charge in [-0.05, 0) is 42.0 Å². The lowest BCUT2D eigenvalue weighted by atomic mass is 10.1. The number of methoxy groups -OCH3 is 1. The third-order valence-corrected chi connectivity index (χ3v) is 4.23. The molecule has 2 rings (SSSR count). The Labute approximate surface area is 106 Å². The molecule has 0 aromatic heterocycles. The average molecular weight is 258 g/mol. The molecule has 4 heteroatoms. The minimum atomic E-state index is 0.740. The minimum Gasteiger partial charge on any atom is -0.495 e. The minimum absolute atomic E-state index is 0.740. The van der Waals surface area contributed by atoms with Gasteiger partial charge in [0.2, 0.25) is 0 Å². The Morgan fingerprint density at radius 1 is 1.56 bits per heavy atom. The first-order valence-electron chi connectivity index (χ1n) is 5.45. The molecule has 1 heterocycles. The summed E-state index contributed by atoms with van der Waals surface area (Å²) in [5.74, 6) is 4.18. The van der Waals surface area contributed by atoms with E-state index in [1.807, 2.05) is 30.0 Å². The summed E-state index contributed by atoms with van der Waals surface area (Å²) in [6.07, 6.45) is 1.31. The quantitative estimate of drug-likeness (QED) is 0.892. The van der Waals surface area contributed by atoms with Crippen LogP contribution in [-0.4, -0.2) is 25.2 Å². The number of benzene rings is 1. The Bertz CT molecular complexity index is 353. The van der Waals surface area contributed by atoms with Crippen LogP contribution in [0.5, 0.6) is 5.75 Å². The number of thioether (sulfide) groups is 1. The van der Waals surface area contributed by atoms with Crippen LogP contribution in [0.25, 0.3) is 0 Å². The van der Waals surface area contributed by atoms with Gasteiger partial charge in [-0.15, -0.1) is 0 Å². The van der Waals surface area contributed by atoms with Crippen molar-refractivity contribution >= 4 is 29.1 Å². The fourth-order valence-electron chi connectivity index (χ4n) is 1.82. The molecule has 1 aliphatic heterocycles. The molecule has 16 heavy (non-hydrogen) atoms. The van der Waals surface area contributed by atoms with E-state index >= 15 is 0 Å². The van der Waals surface area contributed by atoms with Crippen LogP contribution in [0.4, 0.5) is 5.69 Å². The van der Waals surface area contributed by atoms with Crippen molar-refractivity contribution in [3.63, 3.8) is 0 Å². The number of hydrogen-bond donors (Lipinski definition) is 1.